The highest BCUT2D eigenvalue weighted by molar-refractivity contribution is 7.45. The van der Waals surface area contributed by atoms with Gasteiger partial charge in [-0.05, 0) is 128 Å². The van der Waals surface area contributed by atoms with Crippen LogP contribution in [-0.2, 0) is 27.9 Å². The van der Waals surface area contributed by atoms with E-state index in [4.69, 9.17) is 13.8 Å². The molecule has 0 spiro atoms. The van der Waals surface area contributed by atoms with E-state index >= 15 is 0 Å². The molecule has 0 saturated carbocycles. The van der Waals surface area contributed by atoms with Gasteiger partial charge in [0.05, 0.1) is 33.8 Å². The third-order valence-electron chi connectivity index (χ3n) is 13.3. The fraction of sp³-hybridized carbons (Fsp3) is 0.634. The number of phosphoric acid groups is 1. The summed E-state index contributed by atoms with van der Waals surface area (Å²) in [6.45, 7) is 6.55. The van der Waals surface area contributed by atoms with Crippen molar-refractivity contribution in [3.8, 4) is 0 Å². The van der Waals surface area contributed by atoms with Gasteiger partial charge >= 0.3 is 5.97 Å². The maximum atomic E-state index is 13.5. The summed E-state index contributed by atoms with van der Waals surface area (Å²) in [5, 5.41) is 3.00. The van der Waals surface area contributed by atoms with E-state index in [-0.39, 0.29) is 31.3 Å². The molecule has 0 heterocycles. The molecule has 0 saturated heterocycles. The normalized spacial score (nSPS) is 14.6. The van der Waals surface area contributed by atoms with E-state index in [1.807, 2.05) is 33.3 Å². The topological polar surface area (TPSA) is 114 Å². The lowest BCUT2D eigenvalue weighted by molar-refractivity contribution is -0.870. The fourth-order valence-corrected chi connectivity index (χ4v) is 9.10. The van der Waals surface area contributed by atoms with Crippen molar-refractivity contribution in [2.24, 2.45) is 0 Å². The fourth-order valence-electron chi connectivity index (χ4n) is 8.37. The van der Waals surface area contributed by atoms with Gasteiger partial charge in [-0.2, -0.15) is 0 Å². The van der Waals surface area contributed by atoms with Crippen LogP contribution >= 0.6 is 7.82 Å². The molecule has 3 unspecified atom stereocenters. The summed E-state index contributed by atoms with van der Waals surface area (Å²) in [5.41, 5.74) is 0. The van der Waals surface area contributed by atoms with Crippen LogP contribution in [0.1, 0.15) is 239 Å². The minimum Gasteiger partial charge on any atom is -0.756 e. The lowest BCUT2D eigenvalue weighted by atomic mass is 10.1. The Kier molecular flexibility index (Phi) is 56.1. The van der Waals surface area contributed by atoms with Crippen molar-refractivity contribution in [2.45, 2.75) is 251 Å². The number of carbonyl (C=O) groups excluding carboxylic acids is 2. The minimum absolute atomic E-state index is 0.0402. The third-order valence-corrected chi connectivity index (χ3v) is 14.2. The number of nitrogens with one attached hydrogen (secondary N) is 1. The number of carbonyl (C=O) groups is 2. The number of unbranched alkanes of at least 4 members (excludes halogenated alkanes) is 18. The Hall–Kier alpha value is -4.11. The summed E-state index contributed by atoms with van der Waals surface area (Å²) in [6.07, 6.45) is 85.3. The molecular weight excluding hydrogens is 1020 g/mol. The molecule has 0 aromatic carbocycles. The lowest BCUT2D eigenvalue weighted by Crippen LogP contribution is -2.47. The van der Waals surface area contributed by atoms with Gasteiger partial charge in [-0.1, -0.05) is 244 Å². The van der Waals surface area contributed by atoms with Gasteiger partial charge in [0.15, 0.2) is 0 Å². The maximum absolute atomic E-state index is 13.5. The number of ether oxygens (including phenoxy) is 1. The number of hydrogen-bond donors (Lipinski definition) is 1. The van der Waals surface area contributed by atoms with Gasteiger partial charge in [0.2, 0.25) is 5.91 Å². The number of rotatable bonds is 56. The molecule has 0 rings (SSSR count). The number of amides is 1. The molecule has 9 nitrogen and oxygen atoms in total. The van der Waals surface area contributed by atoms with Crippen molar-refractivity contribution in [3.05, 3.63) is 146 Å². The first-order chi connectivity index (χ1) is 39.4. The summed E-state index contributed by atoms with van der Waals surface area (Å²) in [7, 11) is 1.13. The summed E-state index contributed by atoms with van der Waals surface area (Å²) in [5.74, 6) is -0.608. The van der Waals surface area contributed by atoms with Crippen LogP contribution in [0, 0.1) is 0 Å². The van der Waals surface area contributed by atoms with Crippen molar-refractivity contribution in [3.63, 3.8) is 0 Å². The van der Waals surface area contributed by atoms with E-state index in [0.29, 0.717) is 23.9 Å². The zero-order valence-corrected chi connectivity index (χ0v) is 53.3. The second-order valence-electron chi connectivity index (χ2n) is 22.1. The second-order valence-corrected chi connectivity index (χ2v) is 23.6. The number of allylic oxidation sites excluding steroid dienone is 23. The molecule has 10 heteroatoms. The number of hydrogen-bond acceptors (Lipinski definition) is 7. The summed E-state index contributed by atoms with van der Waals surface area (Å²) < 4.78 is 30.3. The van der Waals surface area contributed by atoms with Crippen LogP contribution in [0.3, 0.4) is 0 Å². The minimum atomic E-state index is -4.72. The number of quaternary nitrogens is 1. The molecule has 0 aromatic rings. The van der Waals surface area contributed by atoms with Crippen LogP contribution in [0.4, 0.5) is 0 Å². The van der Waals surface area contributed by atoms with Crippen molar-refractivity contribution >= 4 is 19.7 Å². The van der Waals surface area contributed by atoms with Gasteiger partial charge in [0, 0.05) is 12.8 Å². The Morgan fingerprint density at radius 2 is 0.790 bits per heavy atom. The van der Waals surface area contributed by atoms with Crippen LogP contribution in [0.15, 0.2) is 146 Å². The molecule has 460 valence electrons. The first kappa shape index (κ1) is 76.9. The van der Waals surface area contributed by atoms with Gasteiger partial charge in [0.1, 0.15) is 19.3 Å². The predicted octanol–water partition coefficient (Wildman–Crippen LogP) is 19.6. The largest absolute Gasteiger partial charge is 0.756 e. The van der Waals surface area contributed by atoms with E-state index < -0.39 is 26.6 Å². The number of phosphoric ester groups is 1. The lowest BCUT2D eigenvalue weighted by Gasteiger charge is -2.30. The monoisotopic (exact) mass is 1140 g/mol. The van der Waals surface area contributed by atoms with Gasteiger partial charge in [-0.15, -0.1) is 0 Å². The smallest absolute Gasteiger partial charge is 0.306 e. The molecule has 0 aliphatic carbocycles. The van der Waals surface area contributed by atoms with Gasteiger partial charge in [-0.25, -0.2) is 0 Å². The Balaban J connectivity index is 5.26. The van der Waals surface area contributed by atoms with Gasteiger partial charge in [0.25, 0.3) is 7.82 Å². The van der Waals surface area contributed by atoms with E-state index in [2.05, 4.69) is 160 Å². The summed E-state index contributed by atoms with van der Waals surface area (Å²) in [6, 6.07) is -0.924. The van der Waals surface area contributed by atoms with Gasteiger partial charge in [-0.3, -0.25) is 14.2 Å². The van der Waals surface area contributed by atoms with E-state index in [1.165, 1.54) is 44.9 Å². The molecule has 3 atom stereocenters. The molecule has 0 fully saturated rings. The molecule has 0 bridgehead atoms. The van der Waals surface area contributed by atoms with E-state index in [9.17, 15) is 19.0 Å². The zero-order chi connectivity index (χ0) is 59.3. The second kappa shape index (κ2) is 59.1. The molecule has 0 aromatic heterocycles. The Labute approximate surface area is 498 Å². The maximum Gasteiger partial charge on any atom is 0.306 e. The standard InChI is InChI=1S/C71H119N2O7P/c1-7-10-13-16-19-22-25-27-29-31-33-34-35-36-37-38-40-42-44-46-49-52-55-58-61-64-71(75)80-69(62-59-56-53-50-47-24-21-18-15-12-9-3)68(67-79-81(76,77)78-66-65-73(4,5)6)72-70(74)63-60-57-54-51-48-45-43-41-39-32-30-28-26-23-20-17-14-11-8-2/h10-11,13-14,19-20,22-23,27-30,33-34,36-37,39-42,45,48,59,62,68-69H,7-9,12,15-18,21,24-26,31-32,35,38,43-44,46-47,49-58,60-61,63-67H2,1-6H3,(H-,72,74,76,77)/b13-10-,14-11-,22-19-,23-20-,29-27-,30-28-,34-33-,37-36-,41-39-,42-40-,48-45-,62-59-. The van der Waals surface area contributed by atoms with Gasteiger partial charge < -0.3 is 28.5 Å². The van der Waals surface area contributed by atoms with Crippen LogP contribution in [0.25, 0.3) is 0 Å². The van der Waals surface area contributed by atoms with Crippen molar-refractivity contribution in [1.82, 2.24) is 5.32 Å². The average molecular weight is 1140 g/mol. The van der Waals surface area contributed by atoms with Crippen LogP contribution in [0.2, 0.25) is 0 Å². The van der Waals surface area contributed by atoms with E-state index in [1.54, 1.807) is 0 Å². The highest BCUT2D eigenvalue weighted by Crippen LogP contribution is 2.38. The number of likely N-dealkylation sites (N-methyl/N-ethyl adjacent to an activating group) is 1. The average Bonchev–Trinajstić information content (AvgIpc) is 3.43. The molecular formula is C71H119N2O7P. The summed E-state index contributed by atoms with van der Waals surface area (Å²) in [4.78, 5) is 40.0. The highest BCUT2D eigenvalue weighted by Gasteiger charge is 2.27. The predicted molar refractivity (Wildman–Crippen MR) is 348 cm³/mol. The highest BCUT2D eigenvalue weighted by atomic mass is 31.2. The van der Waals surface area contributed by atoms with E-state index in [0.717, 1.165) is 148 Å². The Bertz CT molecular complexity index is 1890. The van der Waals surface area contributed by atoms with Crippen LogP contribution in [0.5, 0.6) is 0 Å². The number of nitrogens with zero attached hydrogens (tertiary/aromatic N) is 1. The molecule has 1 N–H and O–H groups in total. The SMILES string of the molecule is CC/C=C\C/C=C\C/C=C\C/C=C\C/C=C\C/C=C\CCCCCCCCC(=O)OC(/C=C\CCCCCCCCCCC)C(COP(=O)([O-])OCC[N+](C)(C)C)NC(=O)CCCCC/C=C\C/C=C\C/C=C\C/C=C\C/C=C\CC. The number of esters is 1. The first-order valence-corrected chi connectivity index (χ1v) is 33.6. The van der Waals surface area contributed by atoms with Crippen LogP contribution in [-0.4, -0.2) is 69.4 Å². The Morgan fingerprint density at radius 1 is 0.444 bits per heavy atom. The van der Waals surface area contributed by atoms with Crippen LogP contribution < -0.4 is 10.2 Å². The Morgan fingerprint density at radius 3 is 1.20 bits per heavy atom. The molecule has 0 aliphatic rings. The first-order valence-electron chi connectivity index (χ1n) is 32.1. The summed E-state index contributed by atoms with van der Waals surface area (Å²) >= 11 is 0. The van der Waals surface area contributed by atoms with Crippen molar-refractivity contribution in [2.75, 3.05) is 40.9 Å². The third kappa shape index (κ3) is 60.3. The van der Waals surface area contributed by atoms with Crippen molar-refractivity contribution < 1.29 is 37.3 Å². The zero-order valence-electron chi connectivity index (χ0n) is 52.4. The quantitative estimate of drug-likeness (QED) is 0.0212. The molecule has 1 amide bonds. The van der Waals surface area contributed by atoms with Crippen molar-refractivity contribution in [1.29, 1.82) is 0 Å². The molecule has 0 radical (unpaired) electrons. The molecule has 81 heavy (non-hydrogen) atoms. The molecule has 0 aliphatic heterocycles.